The minimum absolute atomic E-state index is 0.595. The minimum atomic E-state index is 0.595. The third-order valence-electron chi connectivity index (χ3n) is 2.80. The monoisotopic (exact) mass is 261 g/mol. The molecule has 2 aromatic rings. The summed E-state index contributed by atoms with van der Waals surface area (Å²) in [4.78, 5) is 0. The summed E-state index contributed by atoms with van der Waals surface area (Å²) in [6.07, 6.45) is 1.73. The van der Waals surface area contributed by atoms with Crippen LogP contribution in [-0.4, -0.2) is 21.4 Å². The SMILES string of the molecule is CCOc1cc(NCc2nncn2CC)ccc1N. The summed E-state index contributed by atoms with van der Waals surface area (Å²) in [5.74, 6) is 1.60. The summed E-state index contributed by atoms with van der Waals surface area (Å²) in [5, 5.41) is 11.3. The molecule has 1 aromatic heterocycles. The minimum Gasteiger partial charge on any atom is -0.492 e. The number of nitrogens with one attached hydrogen (secondary N) is 1. The van der Waals surface area contributed by atoms with Crippen molar-refractivity contribution in [2.45, 2.75) is 26.9 Å². The molecule has 1 heterocycles. The van der Waals surface area contributed by atoms with Crippen molar-refractivity contribution in [1.82, 2.24) is 14.8 Å². The van der Waals surface area contributed by atoms with E-state index in [-0.39, 0.29) is 0 Å². The van der Waals surface area contributed by atoms with Crippen LogP contribution < -0.4 is 15.8 Å². The van der Waals surface area contributed by atoms with E-state index in [0.29, 0.717) is 24.6 Å². The van der Waals surface area contributed by atoms with Crippen LogP contribution in [0.1, 0.15) is 19.7 Å². The van der Waals surface area contributed by atoms with Crippen molar-refractivity contribution in [3.05, 3.63) is 30.4 Å². The smallest absolute Gasteiger partial charge is 0.152 e. The van der Waals surface area contributed by atoms with Crippen molar-refractivity contribution < 1.29 is 4.74 Å². The standard InChI is InChI=1S/C13H19N5O/c1-3-18-9-16-17-13(18)8-15-10-5-6-11(14)12(7-10)19-4-2/h5-7,9,15H,3-4,8,14H2,1-2H3. The van der Waals surface area contributed by atoms with Gasteiger partial charge in [-0.05, 0) is 26.0 Å². The summed E-state index contributed by atoms with van der Waals surface area (Å²) in [6.45, 7) is 6.06. The second kappa shape index (κ2) is 6.08. The van der Waals surface area contributed by atoms with Crippen molar-refractivity contribution in [1.29, 1.82) is 0 Å². The van der Waals surface area contributed by atoms with Gasteiger partial charge in [-0.3, -0.25) is 0 Å². The van der Waals surface area contributed by atoms with Gasteiger partial charge in [0.1, 0.15) is 12.1 Å². The first-order chi connectivity index (χ1) is 9.24. The highest BCUT2D eigenvalue weighted by atomic mass is 16.5. The lowest BCUT2D eigenvalue weighted by atomic mass is 10.2. The van der Waals surface area contributed by atoms with Crippen LogP contribution in [0.25, 0.3) is 0 Å². The first kappa shape index (κ1) is 13.2. The van der Waals surface area contributed by atoms with Crippen LogP contribution in [-0.2, 0) is 13.1 Å². The van der Waals surface area contributed by atoms with Crippen LogP contribution in [0.5, 0.6) is 5.75 Å². The van der Waals surface area contributed by atoms with Gasteiger partial charge in [-0.25, -0.2) is 0 Å². The molecule has 3 N–H and O–H groups in total. The van der Waals surface area contributed by atoms with Crippen molar-refractivity contribution in [2.24, 2.45) is 0 Å². The van der Waals surface area contributed by atoms with Crippen LogP contribution in [0, 0.1) is 0 Å². The lowest BCUT2D eigenvalue weighted by Gasteiger charge is -2.11. The molecule has 19 heavy (non-hydrogen) atoms. The lowest BCUT2D eigenvalue weighted by Crippen LogP contribution is -2.08. The molecule has 0 fully saturated rings. The first-order valence-corrected chi connectivity index (χ1v) is 6.37. The molecule has 6 nitrogen and oxygen atoms in total. The molecule has 1 aromatic carbocycles. The van der Waals surface area contributed by atoms with Gasteiger partial charge in [0.25, 0.3) is 0 Å². The summed E-state index contributed by atoms with van der Waals surface area (Å²) >= 11 is 0. The van der Waals surface area contributed by atoms with Gasteiger partial charge in [0.2, 0.25) is 0 Å². The van der Waals surface area contributed by atoms with Gasteiger partial charge in [0.05, 0.1) is 18.8 Å². The zero-order valence-electron chi connectivity index (χ0n) is 11.3. The Kier molecular flexibility index (Phi) is 4.22. The zero-order chi connectivity index (χ0) is 13.7. The van der Waals surface area contributed by atoms with E-state index in [2.05, 4.69) is 22.4 Å². The molecule has 6 heteroatoms. The van der Waals surface area contributed by atoms with E-state index >= 15 is 0 Å². The fourth-order valence-electron chi connectivity index (χ4n) is 1.79. The van der Waals surface area contributed by atoms with Crippen molar-refractivity contribution in [3.8, 4) is 5.75 Å². The number of nitrogens with zero attached hydrogens (tertiary/aromatic N) is 3. The predicted molar refractivity (Wildman–Crippen MR) is 75.0 cm³/mol. The van der Waals surface area contributed by atoms with Crippen LogP contribution in [0.3, 0.4) is 0 Å². The molecule has 0 saturated carbocycles. The van der Waals surface area contributed by atoms with Crippen molar-refractivity contribution >= 4 is 11.4 Å². The Hall–Kier alpha value is -2.24. The molecule has 0 bridgehead atoms. The number of rotatable bonds is 6. The third kappa shape index (κ3) is 3.15. The van der Waals surface area contributed by atoms with E-state index in [4.69, 9.17) is 10.5 Å². The number of nitrogens with two attached hydrogens (primary N) is 1. The summed E-state index contributed by atoms with van der Waals surface area (Å²) in [7, 11) is 0. The van der Waals surface area contributed by atoms with E-state index in [1.54, 1.807) is 6.33 Å². The number of ether oxygens (including phenoxy) is 1. The fraction of sp³-hybridized carbons (Fsp3) is 0.385. The van der Waals surface area contributed by atoms with Crippen molar-refractivity contribution in [3.63, 3.8) is 0 Å². The maximum absolute atomic E-state index is 5.83. The van der Waals surface area contributed by atoms with E-state index < -0.39 is 0 Å². The highest BCUT2D eigenvalue weighted by Gasteiger charge is 2.04. The van der Waals surface area contributed by atoms with Gasteiger partial charge >= 0.3 is 0 Å². The van der Waals surface area contributed by atoms with E-state index in [9.17, 15) is 0 Å². The average molecular weight is 261 g/mol. The fourth-order valence-corrected chi connectivity index (χ4v) is 1.79. The molecular formula is C13H19N5O. The van der Waals surface area contributed by atoms with Crippen LogP contribution >= 0.6 is 0 Å². The molecule has 0 amide bonds. The third-order valence-corrected chi connectivity index (χ3v) is 2.80. The number of aromatic nitrogens is 3. The quantitative estimate of drug-likeness (QED) is 0.776. The number of aryl methyl sites for hydroxylation is 1. The molecule has 0 aliphatic carbocycles. The summed E-state index contributed by atoms with van der Waals surface area (Å²) in [5.41, 5.74) is 7.42. The number of anilines is 2. The predicted octanol–water partition coefficient (Wildman–Crippen LogP) is 1.89. The molecular weight excluding hydrogens is 242 g/mol. The Morgan fingerprint density at radius 3 is 2.95 bits per heavy atom. The Labute approximate surface area is 112 Å². The molecule has 0 aliphatic rings. The van der Waals surface area contributed by atoms with Gasteiger partial charge in [-0.2, -0.15) is 0 Å². The Bertz CT molecular complexity index is 538. The maximum atomic E-state index is 5.83. The van der Waals surface area contributed by atoms with E-state index in [1.165, 1.54) is 0 Å². The largest absolute Gasteiger partial charge is 0.492 e. The number of nitrogen functional groups attached to an aromatic ring is 1. The highest BCUT2D eigenvalue weighted by Crippen LogP contribution is 2.25. The van der Waals surface area contributed by atoms with Crippen LogP contribution in [0.4, 0.5) is 11.4 Å². The van der Waals surface area contributed by atoms with Crippen LogP contribution in [0.2, 0.25) is 0 Å². The van der Waals surface area contributed by atoms with Crippen LogP contribution in [0.15, 0.2) is 24.5 Å². The van der Waals surface area contributed by atoms with Crippen molar-refractivity contribution in [2.75, 3.05) is 17.7 Å². The Balaban J connectivity index is 2.05. The number of hydrogen-bond donors (Lipinski definition) is 2. The Morgan fingerprint density at radius 1 is 1.37 bits per heavy atom. The lowest BCUT2D eigenvalue weighted by molar-refractivity contribution is 0.342. The normalized spacial score (nSPS) is 10.4. The molecule has 0 aliphatic heterocycles. The van der Waals surface area contributed by atoms with Gasteiger partial charge in [0, 0.05) is 18.3 Å². The maximum Gasteiger partial charge on any atom is 0.152 e. The van der Waals surface area contributed by atoms with E-state index in [0.717, 1.165) is 18.1 Å². The Morgan fingerprint density at radius 2 is 2.21 bits per heavy atom. The second-order valence-electron chi connectivity index (χ2n) is 4.07. The first-order valence-electron chi connectivity index (χ1n) is 6.37. The molecule has 0 spiro atoms. The topological polar surface area (TPSA) is 78.0 Å². The number of hydrogen-bond acceptors (Lipinski definition) is 5. The highest BCUT2D eigenvalue weighted by molar-refractivity contribution is 5.61. The zero-order valence-corrected chi connectivity index (χ0v) is 11.3. The molecule has 102 valence electrons. The summed E-state index contributed by atoms with van der Waals surface area (Å²) in [6, 6.07) is 5.65. The molecule has 2 rings (SSSR count). The second-order valence-corrected chi connectivity index (χ2v) is 4.07. The summed E-state index contributed by atoms with van der Waals surface area (Å²) < 4.78 is 7.45. The van der Waals surface area contributed by atoms with E-state index in [1.807, 2.05) is 29.7 Å². The molecule has 0 atom stereocenters. The van der Waals surface area contributed by atoms with Gasteiger partial charge in [-0.15, -0.1) is 10.2 Å². The number of benzene rings is 1. The molecule has 0 unspecified atom stereocenters. The average Bonchev–Trinajstić information content (AvgIpc) is 2.87. The van der Waals surface area contributed by atoms with Gasteiger partial charge in [-0.1, -0.05) is 0 Å². The van der Waals surface area contributed by atoms with Gasteiger partial charge < -0.3 is 20.4 Å². The molecule has 0 radical (unpaired) electrons. The van der Waals surface area contributed by atoms with Gasteiger partial charge in [0.15, 0.2) is 5.82 Å². The molecule has 0 saturated heterocycles.